The Morgan fingerprint density at radius 1 is 1.18 bits per heavy atom. The molecule has 1 aromatic carbocycles. The molecule has 1 saturated heterocycles. The van der Waals surface area contributed by atoms with Crippen molar-refractivity contribution in [2.24, 2.45) is 0 Å². The molecule has 0 radical (unpaired) electrons. The summed E-state index contributed by atoms with van der Waals surface area (Å²) in [5, 5.41) is 4.08. The van der Waals surface area contributed by atoms with Crippen molar-refractivity contribution in [1.29, 1.82) is 0 Å². The first-order valence-corrected chi connectivity index (χ1v) is 12.0. The van der Waals surface area contributed by atoms with Gasteiger partial charge in [-0.2, -0.15) is 9.97 Å². The van der Waals surface area contributed by atoms with Gasteiger partial charge in [0.15, 0.2) is 0 Å². The van der Waals surface area contributed by atoms with Crippen molar-refractivity contribution in [2.75, 3.05) is 62.8 Å². The summed E-state index contributed by atoms with van der Waals surface area (Å²) in [7, 11) is 0. The van der Waals surface area contributed by atoms with Gasteiger partial charge < -0.3 is 24.7 Å². The van der Waals surface area contributed by atoms with Crippen molar-refractivity contribution >= 4 is 28.3 Å². The minimum absolute atomic E-state index is 0.218. The molecular formula is C25H34N6O3. The van der Waals surface area contributed by atoms with Crippen molar-refractivity contribution in [3.8, 4) is 6.01 Å². The summed E-state index contributed by atoms with van der Waals surface area (Å²) >= 11 is 0. The Balaban J connectivity index is 1.52. The number of nitrogens with one attached hydrogen (secondary N) is 2. The number of carbonyl (C=O) groups is 1. The zero-order chi connectivity index (χ0) is 24.1. The number of ether oxygens (including phenoxy) is 2. The van der Waals surface area contributed by atoms with E-state index in [0.717, 1.165) is 68.2 Å². The number of morpholine rings is 1. The fourth-order valence-electron chi connectivity index (χ4n) is 4.13. The minimum Gasteiger partial charge on any atom is -0.462 e. The lowest BCUT2D eigenvalue weighted by Crippen LogP contribution is -2.38. The molecule has 2 aromatic heterocycles. The standard InChI is InChI=1S/C25H34N6O3/c1-5-31(6-2)23-16-22(28-25(29-23)34-14-11-30-9-12-33-13-10-30)24(32)27-19-7-8-21-20(15-19)17(3)18(4)26-21/h7-8,15-16,26H,5-6,9-14H2,1-4H3,(H,27,32). The van der Waals surface area contributed by atoms with Crippen molar-refractivity contribution in [3.05, 3.63) is 41.2 Å². The SMILES string of the molecule is CCN(CC)c1cc(C(=O)Nc2ccc3[nH]c(C)c(C)c3c2)nc(OCCN2CCOCC2)n1. The number of carbonyl (C=O) groups excluding carboxylic acids is 1. The summed E-state index contributed by atoms with van der Waals surface area (Å²) in [6, 6.07) is 7.80. The number of aryl methyl sites for hydroxylation is 2. The van der Waals surface area contributed by atoms with Gasteiger partial charge in [-0.15, -0.1) is 0 Å². The van der Waals surface area contributed by atoms with E-state index < -0.39 is 0 Å². The van der Waals surface area contributed by atoms with Gasteiger partial charge in [0.25, 0.3) is 5.91 Å². The summed E-state index contributed by atoms with van der Waals surface area (Å²) in [5.74, 6) is 0.386. The molecule has 0 unspecified atom stereocenters. The lowest BCUT2D eigenvalue weighted by Gasteiger charge is -2.26. The van der Waals surface area contributed by atoms with Crippen LogP contribution < -0.4 is 15.0 Å². The van der Waals surface area contributed by atoms with E-state index in [1.807, 2.05) is 25.1 Å². The summed E-state index contributed by atoms with van der Waals surface area (Å²) in [6.45, 7) is 14.2. The first-order chi connectivity index (χ1) is 16.5. The van der Waals surface area contributed by atoms with Gasteiger partial charge in [0.05, 0.1) is 13.2 Å². The molecule has 182 valence electrons. The molecule has 1 amide bonds. The third-order valence-corrected chi connectivity index (χ3v) is 6.32. The highest BCUT2D eigenvalue weighted by atomic mass is 16.5. The van der Waals surface area contributed by atoms with E-state index in [0.29, 0.717) is 12.4 Å². The fraction of sp³-hybridized carbons (Fsp3) is 0.480. The Labute approximate surface area is 200 Å². The van der Waals surface area contributed by atoms with Crippen LogP contribution in [0.15, 0.2) is 24.3 Å². The van der Waals surface area contributed by atoms with Gasteiger partial charge in [-0.3, -0.25) is 9.69 Å². The third kappa shape index (κ3) is 5.48. The molecule has 1 fully saturated rings. The smallest absolute Gasteiger partial charge is 0.319 e. The van der Waals surface area contributed by atoms with E-state index in [9.17, 15) is 4.79 Å². The molecule has 0 saturated carbocycles. The number of hydrogen-bond donors (Lipinski definition) is 2. The largest absolute Gasteiger partial charge is 0.462 e. The van der Waals surface area contributed by atoms with Crippen LogP contribution in [0.2, 0.25) is 0 Å². The molecule has 0 aliphatic carbocycles. The van der Waals surface area contributed by atoms with Crippen LogP contribution in [0.3, 0.4) is 0 Å². The number of rotatable bonds is 9. The highest BCUT2D eigenvalue weighted by Gasteiger charge is 2.17. The zero-order valence-electron chi connectivity index (χ0n) is 20.5. The molecule has 0 spiro atoms. The highest BCUT2D eigenvalue weighted by Crippen LogP contribution is 2.25. The van der Waals surface area contributed by atoms with Gasteiger partial charge in [-0.05, 0) is 51.5 Å². The Morgan fingerprint density at radius 2 is 1.94 bits per heavy atom. The summed E-state index contributed by atoms with van der Waals surface area (Å²) in [6.07, 6.45) is 0. The van der Waals surface area contributed by atoms with Crippen LogP contribution in [0.25, 0.3) is 10.9 Å². The Bertz CT molecular complexity index is 1140. The van der Waals surface area contributed by atoms with E-state index in [2.05, 4.69) is 50.8 Å². The number of nitrogens with zero attached hydrogens (tertiary/aromatic N) is 4. The summed E-state index contributed by atoms with van der Waals surface area (Å²) in [4.78, 5) is 29.9. The van der Waals surface area contributed by atoms with Gasteiger partial charge in [0.2, 0.25) is 0 Å². The van der Waals surface area contributed by atoms with Crippen LogP contribution in [-0.2, 0) is 4.74 Å². The van der Waals surface area contributed by atoms with Crippen molar-refractivity contribution < 1.29 is 14.3 Å². The number of anilines is 2. The van der Waals surface area contributed by atoms with Gasteiger partial charge >= 0.3 is 6.01 Å². The summed E-state index contributed by atoms with van der Waals surface area (Å²) < 4.78 is 11.3. The molecule has 1 aliphatic rings. The highest BCUT2D eigenvalue weighted by molar-refractivity contribution is 6.04. The Morgan fingerprint density at radius 3 is 2.68 bits per heavy atom. The number of benzene rings is 1. The maximum Gasteiger partial charge on any atom is 0.319 e. The van der Waals surface area contributed by atoms with Crippen LogP contribution >= 0.6 is 0 Å². The number of fused-ring (bicyclic) bond motifs is 1. The van der Waals surface area contributed by atoms with Gasteiger partial charge in [-0.25, -0.2) is 0 Å². The van der Waals surface area contributed by atoms with E-state index in [1.165, 1.54) is 5.56 Å². The number of aromatic amines is 1. The number of amides is 1. The van der Waals surface area contributed by atoms with Gasteiger partial charge in [0.1, 0.15) is 18.1 Å². The molecule has 34 heavy (non-hydrogen) atoms. The van der Waals surface area contributed by atoms with Crippen molar-refractivity contribution in [1.82, 2.24) is 19.9 Å². The molecule has 3 heterocycles. The van der Waals surface area contributed by atoms with E-state index >= 15 is 0 Å². The van der Waals surface area contributed by atoms with Gasteiger partial charge in [-0.1, -0.05) is 0 Å². The second kappa shape index (κ2) is 10.8. The maximum absolute atomic E-state index is 13.2. The first kappa shape index (κ1) is 24.0. The number of aromatic nitrogens is 3. The first-order valence-electron chi connectivity index (χ1n) is 12.0. The lowest BCUT2D eigenvalue weighted by atomic mass is 10.1. The molecular weight excluding hydrogens is 432 g/mol. The number of hydrogen-bond acceptors (Lipinski definition) is 7. The molecule has 1 aliphatic heterocycles. The second-order valence-electron chi connectivity index (χ2n) is 8.46. The second-order valence-corrected chi connectivity index (χ2v) is 8.46. The van der Waals surface area contributed by atoms with Crippen LogP contribution in [0.1, 0.15) is 35.6 Å². The molecule has 2 N–H and O–H groups in total. The van der Waals surface area contributed by atoms with Crippen LogP contribution in [0, 0.1) is 13.8 Å². The zero-order valence-corrected chi connectivity index (χ0v) is 20.5. The average molecular weight is 467 g/mol. The van der Waals surface area contributed by atoms with Crippen molar-refractivity contribution in [3.63, 3.8) is 0 Å². The van der Waals surface area contributed by atoms with Gasteiger partial charge in [0, 0.05) is 61.1 Å². The molecule has 0 bridgehead atoms. The van der Waals surface area contributed by atoms with Crippen LogP contribution in [0.4, 0.5) is 11.5 Å². The molecule has 9 heteroatoms. The Kier molecular flexibility index (Phi) is 7.64. The monoisotopic (exact) mass is 466 g/mol. The molecule has 0 atom stereocenters. The minimum atomic E-state index is -0.293. The number of H-pyrrole nitrogens is 1. The normalized spacial score (nSPS) is 14.4. The predicted molar refractivity (Wildman–Crippen MR) is 134 cm³/mol. The fourth-order valence-corrected chi connectivity index (χ4v) is 4.13. The van der Waals surface area contributed by atoms with Crippen LogP contribution in [0.5, 0.6) is 6.01 Å². The van der Waals surface area contributed by atoms with E-state index in [4.69, 9.17) is 9.47 Å². The quantitative estimate of drug-likeness (QED) is 0.499. The molecule has 4 rings (SSSR count). The molecule has 3 aromatic rings. The average Bonchev–Trinajstić information content (AvgIpc) is 3.13. The van der Waals surface area contributed by atoms with Crippen molar-refractivity contribution in [2.45, 2.75) is 27.7 Å². The van der Waals surface area contributed by atoms with Crippen LogP contribution in [-0.4, -0.2) is 78.3 Å². The van der Waals surface area contributed by atoms with E-state index in [-0.39, 0.29) is 17.6 Å². The molecule has 9 nitrogen and oxygen atoms in total. The third-order valence-electron chi connectivity index (χ3n) is 6.32. The summed E-state index contributed by atoms with van der Waals surface area (Å²) in [5.41, 5.74) is 4.34. The van der Waals surface area contributed by atoms with E-state index in [1.54, 1.807) is 6.07 Å². The lowest BCUT2D eigenvalue weighted by molar-refractivity contribution is 0.0317. The topological polar surface area (TPSA) is 95.6 Å². The maximum atomic E-state index is 13.2. The Hall–Kier alpha value is -3.17. The predicted octanol–water partition coefficient (Wildman–Crippen LogP) is 3.38.